The third kappa shape index (κ3) is 10.3. The summed E-state index contributed by atoms with van der Waals surface area (Å²) in [5.41, 5.74) is 0.340. The van der Waals surface area contributed by atoms with Crippen molar-refractivity contribution in [1.82, 2.24) is 0 Å². The summed E-state index contributed by atoms with van der Waals surface area (Å²) in [5, 5.41) is 0. The molecule has 0 saturated carbocycles. The van der Waals surface area contributed by atoms with Gasteiger partial charge in [-0.25, -0.2) is 4.79 Å². The molecule has 0 aromatic heterocycles. The molecule has 19 heavy (non-hydrogen) atoms. The van der Waals surface area contributed by atoms with Gasteiger partial charge in [-0.2, -0.15) is 0 Å². The zero-order valence-electron chi connectivity index (χ0n) is 12.3. The van der Waals surface area contributed by atoms with Gasteiger partial charge in [-0.1, -0.05) is 19.9 Å². The molecule has 5 heteroatoms. The fourth-order valence-corrected chi connectivity index (χ4v) is 1.40. The number of quaternary nitrogens is 1. The fraction of sp³-hybridized carbons (Fsp3) is 0.714. The van der Waals surface area contributed by atoms with Crippen LogP contribution in [-0.4, -0.2) is 45.3 Å². The van der Waals surface area contributed by atoms with E-state index in [1.807, 2.05) is 0 Å². The van der Waals surface area contributed by atoms with Gasteiger partial charge in [0.1, 0.15) is 13.2 Å². The number of unbranched alkanes of at least 4 members (excludes halogenated alkanes) is 1. The van der Waals surface area contributed by atoms with E-state index in [0.717, 1.165) is 25.9 Å². The lowest BCUT2D eigenvalue weighted by Crippen LogP contribution is -3.09. The van der Waals surface area contributed by atoms with E-state index in [2.05, 4.69) is 20.6 Å². The number of hydrogen-bond acceptors (Lipinski definition) is 4. The average Bonchev–Trinajstić information content (AvgIpc) is 2.38. The van der Waals surface area contributed by atoms with Gasteiger partial charge in [-0.05, 0) is 13.3 Å². The van der Waals surface area contributed by atoms with Crippen LogP contribution in [0.3, 0.4) is 0 Å². The van der Waals surface area contributed by atoms with Crippen LogP contribution >= 0.6 is 0 Å². The molecule has 0 rings (SSSR count). The van der Waals surface area contributed by atoms with Gasteiger partial charge >= 0.3 is 11.9 Å². The largest absolute Gasteiger partial charge is 0.462 e. The standard InChI is InChI=1S/C14H25NO4/c1-5-6-8-15(4)9-7-13(16)18-10-11-19-14(17)12(2)3/h2,5-11H2,1,3-4H3/p+1. The van der Waals surface area contributed by atoms with Gasteiger partial charge in [0.25, 0.3) is 0 Å². The van der Waals surface area contributed by atoms with E-state index in [1.54, 1.807) is 6.92 Å². The Morgan fingerprint density at radius 1 is 1.16 bits per heavy atom. The second kappa shape index (κ2) is 10.6. The van der Waals surface area contributed by atoms with Crippen molar-refractivity contribution in [2.75, 3.05) is 33.4 Å². The minimum atomic E-state index is -0.459. The highest BCUT2D eigenvalue weighted by molar-refractivity contribution is 5.86. The lowest BCUT2D eigenvalue weighted by Gasteiger charge is -2.12. The maximum absolute atomic E-state index is 11.4. The Hall–Kier alpha value is -1.36. The highest BCUT2D eigenvalue weighted by atomic mass is 16.6. The van der Waals surface area contributed by atoms with Crippen molar-refractivity contribution in [3.8, 4) is 0 Å². The highest BCUT2D eigenvalue weighted by Crippen LogP contribution is 1.92. The second-order valence-electron chi connectivity index (χ2n) is 4.70. The minimum absolute atomic E-state index is 0.0793. The predicted octanol–water partition coefficient (Wildman–Crippen LogP) is 0.354. The summed E-state index contributed by atoms with van der Waals surface area (Å²) in [7, 11) is 2.07. The van der Waals surface area contributed by atoms with Crippen LogP contribution in [0, 0.1) is 0 Å². The molecule has 0 aliphatic carbocycles. The quantitative estimate of drug-likeness (QED) is 0.354. The normalized spacial score (nSPS) is 11.7. The van der Waals surface area contributed by atoms with Crippen molar-refractivity contribution in [2.24, 2.45) is 0 Å². The zero-order valence-corrected chi connectivity index (χ0v) is 12.3. The van der Waals surface area contributed by atoms with E-state index in [1.165, 1.54) is 4.90 Å². The summed E-state index contributed by atoms with van der Waals surface area (Å²) in [6.45, 7) is 9.20. The van der Waals surface area contributed by atoms with Gasteiger partial charge in [-0.15, -0.1) is 0 Å². The first-order valence-electron chi connectivity index (χ1n) is 6.77. The summed E-state index contributed by atoms with van der Waals surface area (Å²) in [6, 6.07) is 0. The van der Waals surface area contributed by atoms with Crippen molar-refractivity contribution in [2.45, 2.75) is 33.1 Å². The molecule has 5 nitrogen and oxygen atoms in total. The zero-order chi connectivity index (χ0) is 14.7. The lowest BCUT2D eigenvalue weighted by molar-refractivity contribution is -0.879. The average molecular weight is 272 g/mol. The van der Waals surface area contributed by atoms with Crippen LogP contribution in [-0.2, 0) is 19.1 Å². The molecule has 0 bridgehead atoms. The van der Waals surface area contributed by atoms with Crippen LogP contribution in [0.15, 0.2) is 12.2 Å². The molecule has 0 saturated heterocycles. The molecule has 0 aromatic rings. The Bertz CT molecular complexity index is 302. The van der Waals surface area contributed by atoms with Crippen molar-refractivity contribution in [3.05, 3.63) is 12.2 Å². The molecule has 1 N–H and O–H groups in total. The third-order valence-corrected chi connectivity index (χ3v) is 2.64. The number of nitrogens with one attached hydrogen (secondary N) is 1. The number of ether oxygens (including phenoxy) is 2. The first-order chi connectivity index (χ1) is 8.97. The molecule has 0 aromatic carbocycles. The van der Waals surface area contributed by atoms with Gasteiger partial charge < -0.3 is 14.4 Å². The molecule has 0 aliphatic heterocycles. The molecular weight excluding hydrogens is 246 g/mol. The molecule has 0 spiro atoms. The summed E-state index contributed by atoms with van der Waals surface area (Å²) in [6.07, 6.45) is 2.72. The Balaban J connectivity index is 3.54. The summed E-state index contributed by atoms with van der Waals surface area (Å²) in [4.78, 5) is 23.8. The molecule has 0 fully saturated rings. The molecular formula is C14H26NO4+. The van der Waals surface area contributed by atoms with E-state index < -0.39 is 5.97 Å². The van der Waals surface area contributed by atoms with E-state index in [9.17, 15) is 9.59 Å². The number of rotatable bonds is 10. The van der Waals surface area contributed by atoms with Crippen molar-refractivity contribution < 1.29 is 24.0 Å². The van der Waals surface area contributed by atoms with Crippen LogP contribution in [0.1, 0.15) is 33.1 Å². The SMILES string of the molecule is C=C(C)C(=O)OCCOC(=O)CC[NH+](C)CCCC. The van der Waals surface area contributed by atoms with E-state index in [-0.39, 0.29) is 19.2 Å². The maximum atomic E-state index is 11.4. The van der Waals surface area contributed by atoms with Crippen molar-refractivity contribution >= 4 is 11.9 Å². The number of carbonyl (C=O) groups excluding carboxylic acids is 2. The molecule has 1 atom stereocenters. The summed E-state index contributed by atoms with van der Waals surface area (Å²) in [5.74, 6) is -0.706. The molecule has 110 valence electrons. The first kappa shape index (κ1) is 17.6. The fourth-order valence-electron chi connectivity index (χ4n) is 1.40. The number of carbonyl (C=O) groups is 2. The molecule has 0 heterocycles. The van der Waals surface area contributed by atoms with Gasteiger partial charge in [0.05, 0.1) is 26.6 Å². The third-order valence-electron chi connectivity index (χ3n) is 2.64. The highest BCUT2D eigenvalue weighted by Gasteiger charge is 2.08. The van der Waals surface area contributed by atoms with E-state index in [4.69, 9.17) is 9.47 Å². The Labute approximate surface area is 115 Å². The lowest BCUT2D eigenvalue weighted by atomic mass is 10.3. The monoisotopic (exact) mass is 272 g/mol. The van der Waals surface area contributed by atoms with E-state index in [0.29, 0.717) is 12.0 Å². The Kier molecular flexibility index (Phi) is 9.80. The van der Waals surface area contributed by atoms with Crippen molar-refractivity contribution in [3.63, 3.8) is 0 Å². The van der Waals surface area contributed by atoms with Gasteiger partial charge in [0.15, 0.2) is 0 Å². The van der Waals surface area contributed by atoms with Gasteiger partial charge in [0.2, 0.25) is 0 Å². The maximum Gasteiger partial charge on any atom is 0.333 e. The second-order valence-corrected chi connectivity index (χ2v) is 4.70. The Morgan fingerprint density at radius 2 is 1.79 bits per heavy atom. The van der Waals surface area contributed by atoms with Crippen LogP contribution in [0.5, 0.6) is 0 Å². The van der Waals surface area contributed by atoms with E-state index >= 15 is 0 Å². The van der Waals surface area contributed by atoms with Crippen LogP contribution in [0.25, 0.3) is 0 Å². The van der Waals surface area contributed by atoms with Crippen molar-refractivity contribution in [1.29, 1.82) is 0 Å². The van der Waals surface area contributed by atoms with Crippen LogP contribution in [0.4, 0.5) is 0 Å². The van der Waals surface area contributed by atoms with Crippen LogP contribution < -0.4 is 4.90 Å². The minimum Gasteiger partial charge on any atom is -0.462 e. The smallest absolute Gasteiger partial charge is 0.333 e. The molecule has 1 unspecified atom stereocenters. The topological polar surface area (TPSA) is 57.0 Å². The van der Waals surface area contributed by atoms with Gasteiger partial charge in [-0.3, -0.25) is 4.79 Å². The predicted molar refractivity (Wildman–Crippen MR) is 72.9 cm³/mol. The number of esters is 2. The summed E-state index contributed by atoms with van der Waals surface area (Å²) >= 11 is 0. The summed E-state index contributed by atoms with van der Waals surface area (Å²) < 4.78 is 9.78. The molecule has 0 amide bonds. The molecule has 0 aliphatic rings. The first-order valence-corrected chi connectivity index (χ1v) is 6.77. The Morgan fingerprint density at radius 3 is 2.37 bits per heavy atom. The number of hydrogen-bond donors (Lipinski definition) is 1. The van der Waals surface area contributed by atoms with Crippen LogP contribution in [0.2, 0.25) is 0 Å². The van der Waals surface area contributed by atoms with Gasteiger partial charge in [0, 0.05) is 5.57 Å². The molecule has 0 radical (unpaired) electrons.